The van der Waals surface area contributed by atoms with Crippen LogP contribution in [0.2, 0.25) is 0 Å². The third-order valence-electron chi connectivity index (χ3n) is 11.2. The highest BCUT2D eigenvalue weighted by molar-refractivity contribution is 5.89. The van der Waals surface area contributed by atoms with Crippen LogP contribution in [0.3, 0.4) is 0 Å². The number of hydrogen-bond acceptors (Lipinski definition) is 6. The van der Waals surface area contributed by atoms with E-state index >= 15 is 0 Å². The maximum Gasteiger partial charge on any atom is 0.416 e. The molecule has 0 radical (unpaired) electrons. The number of aliphatic hydroxyl groups is 1. The van der Waals surface area contributed by atoms with Crippen LogP contribution in [-0.4, -0.2) is 50.1 Å². The number of carboxylic acid groups (broad SMARTS) is 1. The summed E-state index contributed by atoms with van der Waals surface area (Å²) in [6.45, 7) is 5.39. The molecule has 3 heterocycles. The second-order valence-corrected chi connectivity index (χ2v) is 15.7. The Kier molecular flexibility index (Phi) is 9.80. The number of fused-ring (bicyclic) bond motifs is 1. The molecule has 1 atom stereocenters. The zero-order valence-electron chi connectivity index (χ0n) is 29.8. The van der Waals surface area contributed by atoms with Crippen LogP contribution in [-0.2, 0) is 19.0 Å². The number of anilines is 1. The first kappa shape index (κ1) is 36.9. The minimum Gasteiger partial charge on any atom is -0.478 e. The van der Waals surface area contributed by atoms with E-state index in [1.807, 2.05) is 0 Å². The summed E-state index contributed by atoms with van der Waals surface area (Å²) in [5.74, 6) is -3.48. The molecule has 0 bridgehead atoms. The van der Waals surface area contributed by atoms with Crippen molar-refractivity contribution in [3.05, 3.63) is 106 Å². The third kappa shape index (κ3) is 7.93. The smallest absolute Gasteiger partial charge is 0.416 e. The minimum atomic E-state index is -4.48. The van der Waals surface area contributed by atoms with Crippen molar-refractivity contribution in [3.8, 4) is 11.1 Å². The Morgan fingerprint density at radius 2 is 1.57 bits per heavy atom. The third-order valence-corrected chi connectivity index (χ3v) is 11.2. The van der Waals surface area contributed by atoms with E-state index in [1.54, 1.807) is 30.6 Å². The van der Waals surface area contributed by atoms with E-state index in [1.165, 1.54) is 18.2 Å². The number of nitrogens with zero attached hydrogens (tertiary/aromatic N) is 4. The van der Waals surface area contributed by atoms with Gasteiger partial charge in [0.1, 0.15) is 0 Å². The Balaban J connectivity index is 1.23. The van der Waals surface area contributed by atoms with E-state index in [0.717, 1.165) is 40.2 Å². The molecule has 2 N–H and O–H groups in total. The number of carbonyl (C=O) groups is 1. The summed E-state index contributed by atoms with van der Waals surface area (Å²) >= 11 is 0. The first-order chi connectivity index (χ1) is 25.1. The van der Waals surface area contributed by atoms with Crippen molar-refractivity contribution >= 4 is 11.9 Å². The van der Waals surface area contributed by atoms with E-state index in [0.29, 0.717) is 61.4 Å². The molecule has 4 aromatic rings. The van der Waals surface area contributed by atoms with E-state index in [2.05, 4.69) is 28.7 Å². The van der Waals surface area contributed by atoms with Crippen LogP contribution in [0.5, 0.6) is 0 Å². The van der Waals surface area contributed by atoms with Gasteiger partial charge in [-0.1, -0.05) is 38.1 Å². The van der Waals surface area contributed by atoms with Gasteiger partial charge in [0, 0.05) is 66.8 Å². The largest absolute Gasteiger partial charge is 0.478 e. The quantitative estimate of drug-likeness (QED) is 0.183. The Hall–Kier alpha value is -4.45. The minimum absolute atomic E-state index is 0.0232. The molecule has 3 aliphatic rings. The lowest BCUT2D eigenvalue weighted by Gasteiger charge is -2.40. The van der Waals surface area contributed by atoms with Crippen molar-refractivity contribution in [2.45, 2.75) is 102 Å². The van der Waals surface area contributed by atoms with Gasteiger partial charge in [0.2, 0.25) is 11.9 Å². The summed E-state index contributed by atoms with van der Waals surface area (Å²) in [6, 6.07) is 11.7. The molecule has 7 nitrogen and oxygen atoms in total. The molecule has 53 heavy (non-hydrogen) atoms. The lowest BCUT2D eigenvalue weighted by atomic mass is 9.68. The maximum atomic E-state index is 14.5. The van der Waals surface area contributed by atoms with E-state index in [-0.39, 0.29) is 54.9 Å². The van der Waals surface area contributed by atoms with Crippen molar-refractivity contribution in [3.63, 3.8) is 0 Å². The summed E-state index contributed by atoms with van der Waals surface area (Å²) in [5.41, 5.74) is 5.32. The first-order valence-corrected chi connectivity index (χ1v) is 18.2. The molecule has 2 fully saturated rings. The van der Waals surface area contributed by atoms with Crippen molar-refractivity contribution < 1.29 is 37.0 Å². The standard InChI is InChI=1S/C41H43F5N4O3/c1-39(2)20-32-35(33(51)21-39)34(25-10-14-40(42,43)15-11-25)31(18-24-6-8-30(9-7-24)41(44,45)46)36(49-32)26-12-16-50(17-13-26)38-47-22-29(23-48-38)27-4-3-5-28(19-27)37(52)53/h3-9,19,22-23,25-26,33,51H,10-18,20-21H2,1-2H3,(H,52,53). The highest BCUT2D eigenvalue weighted by Crippen LogP contribution is 2.50. The molecule has 0 spiro atoms. The molecule has 2 aliphatic carbocycles. The van der Waals surface area contributed by atoms with Gasteiger partial charge in [-0.25, -0.2) is 23.5 Å². The van der Waals surface area contributed by atoms with Gasteiger partial charge in [-0.2, -0.15) is 13.2 Å². The number of alkyl halides is 5. The molecule has 1 saturated heterocycles. The van der Waals surface area contributed by atoms with Crippen molar-refractivity contribution in [2.24, 2.45) is 5.41 Å². The van der Waals surface area contributed by atoms with Gasteiger partial charge in [-0.15, -0.1) is 0 Å². The number of halogens is 5. The van der Waals surface area contributed by atoms with Crippen molar-refractivity contribution in [1.82, 2.24) is 15.0 Å². The van der Waals surface area contributed by atoms with Gasteiger partial charge in [0.05, 0.1) is 17.2 Å². The van der Waals surface area contributed by atoms with Crippen molar-refractivity contribution in [2.75, 3.05) is 18.0 Å². The zero-order valence-corrected chi connectivity index (χ0v) is 29.8. The van der Waals surface area contributed by atoms with Gasteiger partial charge >= 0.3 is 12.1 Å². The van der Waals surface area contributed by atoms with Crippen LogP contribution in [0.1, 0.15) is 126 Å². The van der Waals surface area contributed by atoms with Crippen LogP contribution in [0.25, 0.3) is 11.1 Å². The average Bonchev–Trinajstić information content (AvgIpc) is 3.11. The molecular formula is C41H43F5N4O3. The first-order valence-electron chi connectivity index (χ1n) is 18.2. The van der Waals surface area contributed by atoms with Gasteiger partial charge in [0.25, 0.3) is 0 Å². The predicted molar refractivity (Wildman–Crippen MR) is 190 cm³/mol. The summed E-state index contributed by atoms with van der Waals surface area (Å²) < 4.78 is 69.4. The summed E-state index contributed by atoms with van der Waals surface area (Å²) in [5, 5.41) is 21.0. The molecular weight excluding hydrogens is 691 g/mol. The van der Waals surface area contributed by atoms with Crippen LogP contribution in [0, 0.1) is 5.41 Å². The van der Waals surface area contributed by atoms with Gasteiger partial charge in [-0.05, 0) is 103 Å². The molecule has 1 unspecified atom stereocenters. The number of carboxylic acids is 1. The normalized spacial score (nSPS) is 20.6. The molecule has 2 aromatic heterocycles. The number of benzene rings is 2. The monoisotopic (exact) mass is 734 g/mol. The second kappa shape index (κ2) is 14.1. The molecule has 280 valence electrons. The summed E-state index contributed by atoms with van der Waals surface area (Å²) in [4.78, 5) is 28.0. The predicted octanol–water partition coefficient (Wildman–Crippen LogP) is 9.53. The highest BCUT2D eigenvalue weighted by atomic mass is 19.4. The fourth-order valence-corrected chi connectivity index (χ4v) is 8.54. The Labute approximate surface area is 305 Å². The number of pyridine rings is 1. The van der Waals surface area contributed by atoms with E-state index in [9.17, 15) is 37.0 Å². The number of aliphatic hydroxyl groups excluding tert-OH is 1. The number of aromatic nitrogens is 3. The van der Waals surface area contributed by atoms with Crippen LogP contribution in [0.15, 0.2) is 60.9 Å². The number of rotatable bonds is 7. The van der Waals surface area contributed by atoms with E-state index in [4.69, 9.17) is 4.98 Å². The van der Waals surface area contributed by atoms with Crippen molar-refractivity contribution in [1.29, 1.82) is 0 Å². The van der Waals surface area contributed by atoms with Gasteiger partial charge < -0.3 is 15.1 Å². The number of piperidine rings is 1. The lowest BCUT2D eigenvalue weighted by molar-refractivity contribution is -0.137. The SMILES string of the molecule is CC1(C)Cc2nc(C3CCN(c4ncc(-c5cccc(C(=O)O)c5)cn4)CC3)c(Cc3ccc(C(F)(F)F)cc3)c(C3CCC(F)(F)CC3)c2C(O)C1. The van der Waals surface area contributed by atoms with Crippen LogP contribution in [0.4, 0.5) is 27.9 Å². The molecule has 7 rings (SSSR count). The maximum absolute atomic E-state index is 14.5. The molecule has 1 aliphatic heterocycles. The fraction of sp³-hybridized carbons (Fsp3) is 0.463. The van der Waals surface area contributed by atoms with Crippen LogP contribution >= 0.6 is 0 Å². The average molecular weight is 735 g/mol. The Bertz CT molecular complexity index is 1960. The van der Waals surface area contributed by atoms with Crippen LogP contribution < -0.4 is 4.90 Å². The molecule has 12 heteroatoms. The Morgan fingerprint density at radius 1 is 0.906 bits per heavy atom. The fourth-order valence-electron chi connectivity index (χ4n) is 8.54. The summed E-state index contributed by atoms with van der Waals surface area (Å²) in [6.07, 6.45) is 0.819. The zero-order chi connectivity index (χ0) is 37.7. The molecule has 1 saturated carbocycles. The van der Waals surface area contributed by atoms with E-state index < -0.39 is 29.7 Å². The molecule has 0 amide bonds. The molecule has 2 aromatic carbocycles. The van der Waals surface area contributed by atoms with Gasteiger partial charge in [-0.3, -0.25) is 4.98 Å². The summed E-state index contributed by atoms with van der Waals surface area (Å²) in [7, 11) is 0. The number of hydrogen-bond donors (Lipinski definition) is 2. The topological polar surface area (TPSA) is 99.4 Å². The highest BCUT2D eigenvalue weighted by Gasteiger charge is 2.42. The van der Waals surface area contributed by atoms with Gasteiger partial charge in [0.15, 0.2) is 0 Å². The Morgan fingerprint density at radius 3 is 2.19 bits per heavy atom. The second-order valence-electron chi connectivity index (χ2n) is 15.7. The number of aromatic carboxylic acids is 1. The lowest BCUT2D eigenvalue weighted by Crippen LogP contribution is -2.36.